The van der Waals surface area contributed by atoms with Crippen molar-refractivity contribution in [2.24, 2.45) is 0 Å². The van der Waals surface area contributed by atoms with Crippen LogP contribution in [0.5, 0.6) is 0 Å². The predicted molar refractivity (Wildman–Crippen MR) is 132 cm³/mol. The Morgan fingerprint density at radius 1 is 1.14 bits per heavy atom. The Morgan fingerprint density at radius 3 is 2.54 bits per heavy atom. The number of nitrogen functional groups attached to an aromatic ring is 1. The van der Waals surface area contributed by atoms with E-state index in [0.29, 0.717) is 35.8 Å². The van der Waals surface area contributed by atoms with Gasteiger partial charge >= 0.3 is 6.18 Å². The van der Waals surface area contributed by atoms with Gasteiger partial charge in [-0.2, -0.15) is 18.2 Å². The fourth-order valence-corrected chi connectivity index (χ4v) is 4.19. The highest BCUT2D eigenvalue weighted by atomic mass is 19.4. The van der Waals surface area contributed by atoms with E-state index in [1.54, 1.807) is 24.3 Å². The molecule has 3 heterocycles. The van der Waals surface area contributed by atoms with Crippen LogP contribution in [-0.4, -0.2) is 61.9 Å². The van der Waals surface area contributed by atoms with Crippen LogP contribution < -0.4 is 20.9 Å². The maximum Gasteiger partial charge on any atom is 0.416 e. The molecule has 1 saturated heterocycles. The van der Waals surface area contributed by atoms with E-state index >= 15 is 0 Å². The number of aromatic nitrogens is 3. The molecular weight excluding hydrogens is 459 g/mol. The molecular formula is C24H30F3N7O. The number of alkyl halides is 3. The average molecular weight is 490 g/mol. The fourth-order valence-electron chi connectivity index (χ4n) is 4.19. The molecule has 0 bridgehead atoms. The van der Waals surface area contributed by atoms with Gasteiger partial charge in [0.15, 0.2) is 0 Å². The van der Waals surface area contributed by atoms with Gasteiger partial charge in [0.1, 0.15) is 11.6 Å². The number of ether oxygens (including phenoxy) is 1. The number of halogens is 3. The number of anilines is 4. The lowest BCUT2D eigenvalue weighted by Gasteiger charge is -2.32. The maximum atomic E-state index is 13.2. The van der Waals surface area contributed by atoms with Crippen molar-refractivity contribution in [3.63, 3.8) is 0 Å². The minimum absolute atomic E-state index is 0.0881. The molecule has 1 aliphatic rings. The van der Waals surface area contributed by atoms with Crippen molar-refractivity contribution in [2.75, 3.05) is 61.7 Å². The molecule has 0 atom stereocenters. The lowest BCUT2D eigenvalue weighted by atomic mass is 10.1. The minimum atomic E-state index is -4.44. The van der Waals surface area contributed by atoms with Crippen molar-refractivity contribution in [1.29, 1.82) is 0 Å². The molecule has 0 spiro atoms. The van der Waals surface area contributed by atoms with Gasteiger partial charge in [-0.05, 0) is 49.1 Å². The summed E-state index contributed by atoms with van der Waals surface area (Å²) in [7, 11) is 5.43. The molecule has 0 radical (unpaired) electrons. The Morgan fingerprint density at radius 2 is 1.89 bits per heavy atom. The molecule has 3 N–H and O–H groups in total. The number of piperidine rings is 1. The summed E-state index contributed by atoms with van der Waals surface area (Å²) >= 11 is 0. The molecule has 0 unspecified atom stereocenters. The fraction of sp³-hybridized carbons (Fsp3) is 0.458. The van der Waals surface area contributed by atoms with Gasteiger partial charge in [-0.3, -0.25) is 0 Å². The first-order chi connectivity index (χ1) is 16.6. The second kappa shape index (κ2) is 10.1. The third kappa shape index (κ3) is 5.84. The second-order valence-electron chi connectivity index (χ2n) is 8.89. The molecule has 8 nitrogen and oxygen atoms in total. The zero-order valence-electron chi connectivity index (χ0n) is 20.1. The Kier molecular flexibility index (Phi) is 7.15. The lowest BCUT2D eigenvalue weighted by Crippen LogP contribution is -2.37. The van der Waals surface area contributed by atoms with Crippen LogP contribution >= 0.6 is 0 Å². The number of nitrogens with two attached hydrogens (primary N) is 1. The lowest BCUT2D eigenvalue weighted by molar-refractivity contribution is -0.137. The number of nitrogens with one attached hydrogen (secondary N) is 1. The van der Waals surface area contributed by atoms with E-state index in [9.17, 15) is 13.2 Å². The van der Waals surface area contributed by atoms with Crippen LogP contribution in [0.1, 0.15) is 24.0 Å². The predicted octanol–water partition coefficient (Wildman–Crippen LogP) is 3.96. The normalized spacial score (nSPS) is 15.0. The molecule has 3 aromatic rings. The summed E-state index contributed by atoms with van der Waals surface area (Å²) in [5.74, 6) is 1.95. The van der Waals surface area contributed by atoms with Crippen LogP contribution in [0.25, 0.3) is 10.9 Å². The summed E-state index contributed by atoms with van der Waals surface area (Å²) in [5.41, 5.74) is 6.23. The molecule has 4 rings (SSSR count). The Bertz CT molecular complexity index is 1180. The second-order valence-corrected chi connectivity index (χ2v) is 8.89. The van der Waals surface area contributed by atoms with E-state index in [1.165, 1.54) is 0 Å². The van der Waals surface area contributed by atoms with E-state index in [-0.39, 0.29) is 11.8 Å². The molecule has 1 aliphatic heterocycles. The number of hydrogen-bond donors (Lipinski definition) is 2. The quantitative estimate of drug-likeness (QED) is 0.482. The summed E-state index contributed by atoms with van der Waals surface area (Å²) in [5, 5.41) is 4.09. The van der Waals surface area contributed by atoms with E-state index in [0.717, 1.165) is 49.3 Å². The largest absolute Gasteiger partial charge is 0.416 e. The monoisotopic (exact) mass is 489 g/mol. The number of pyridine rings is 1. The molecule has 0 saturated carbocycles. The maximum absolute atomic E-state index is 13.2. The smallest absolute Gasteiger partial charge is 0.399 e. The summed E-state index contributed by atoms with van der Waals surface area (Å²) in [4.78, 5) is 17.9. The van der Waals surface area contributed by atoms with Gasteiger partial charge in [-0.1, -0.05) is 0 Å². The van der Waals surface area contributed by atoms with Gasteiger partial charge in [0.25, 0.3) is 0 Å². The average Bonchev–Trinajstić information content (AvgIpc) is 2.82. The first-order valence-corrected chi connectivity index (χ1v) is 11.5. The van der Waals surface area contributed by atoms with Gasteiger partial charge in [-0.25, -0.2) is 9.97 Å². The van der Waals surface area contributed by atoms with Crippen LogP contribution in [-0.2, 0) is 17.3 Å². The SMILES string of the molecule is COC1CCN(c2cc3c(NCCc4cc(N)cc(C(F)(F)F)c4)nc(N(C)C)nc3cn2)CC1. The van der Waals surface area contributed by atoms with Gasteiger partial charge in [0.05, 0.1) is 23.4 Å². The third-order valence-corrected chi connectivity index (χ3v) is 6.10. The number of methoxy groups -OCH3 is 1. The van der Waals surface area contributed by atoms with E-state index in [4.69, 9.17) is 10.5 Å². The molecule has 35 heavy (non-hydrogen) atoms. The number of benzene rings is 1. The molecule has 1 fully saturated rings. The van der Waals surface area contributed by atoms with Crippen molar-refractivity contribution in [1.82, 2.24) is 15.0 Å². The van der Waals surface area contributed by atoms with Gasteiger partial charge < -0.3 is 25.6 Å². The first kappa shape index (κ1) is 24.8. The summed E-state index contributed by atoms with van der Waals surface area (Å²) in [6.07, 6.45) is -0.239. The molecule has 1 aromatic carbocycles. The number of rotatable bonds is 7. The molecule has 0 aliphatic carbocycles. The number of nitrogens with zero attached hydrogens (tertiary/aromatic N) is 5. The van der Waals surface area contributed by atoms with Crippen LogP contribution in [0, 0.1) is 0 Å². The third-order valence-electron chi connectivity index (χ3n) is 6.10. The van der Waals surface area contributed by atoms with E-state index < -0.39 is 11.7 Å². The Balaban J connectivity index is 1.57. The summed E-state index contributed by atoms with van der Waals surface area (Å²) < 4.78 is 44.9. The van der Waals surface area contributed by atoms with Crippen molar-refractivity contribution in [3.8, 4) is 0 Å². The highest BCUT2D eigenvalue weighted by Crippen LogP contribution is 2.32. The topological polar surface area (TPSA) is 92.4 Å². The van der Waals surface area contributed by atoms with Crippen LogP contribution in [0.15, 0.2) is 30.5 Å². The zero-order valence-corrected chi connectivity index (χ0v) is 20.1. The first-order valence-electron chi connectivity index (χ1n) is 11.5. The van der Waals surface area contributed by atoms with Gasteiger partial charge in [0.2, 0.25) is 5.95 Å². The van der Waals surface area contributed by atoms with E-state index in [2.05, 4.69) is 25.2 Å². The van der Waals surface area contributed by atoms with Crippen molar-refractivity contribution in [3.05, 3.63) is 41.6 Å². The van der Waals surface area contributed by atoms with Crippen LogP contribution in [0.2, 0.25) is 0 Å². The molecule has 11 heteroatoms. The zero-order chi connectivity index (χ0) is 25.2. The highest BCUT2D eigenvalue weighted by Gasteiger charge is 2.31. The Hall–Kier alpha value is -3.34. The number of fused-ring (bicyclic) bond motifs is 1. The Labute approximate surface area is 202 Å². The van der Waals surface area contributed by atoms with Gasteiger partial charge in [0, 0.05) is 51.9 Å². The standard InChI is InChI=1S/C24H30F3N7O/c1-33(2)23-31-20-14-30-21(34-8-5-18(35-3)6-9-34)13-19(20)22(32-23)29-7-4-15-10-16(24(25,26)27)12-17(28)11-15/h10-14,18H,4-9,28H2,1-3H3,(H,29,31,32). The highest BCUT2D eigenvalue weighted by molar-refractivity contribution is 5.91. The van der Waals surface area contributed by atoms with Crippen molar-refractivity contribution >= 4 is 34.2 Å². The van der Waals surface area contributed by atoms with Crippen molar-refractivity contribution < 1.29 is 17.9 Å². The number of hydrogen-bond acceptors (Lipinski definition) is 8. The van der Waals surface area contributed by atoms with E-state index in [1.807, 2.05) is 20.2 Å². The molecule has 0 amide bonds. The van der Waals surface area contributed by atoms with Crippen LogP contribution in [0.3, 0.4) is 0 Å². The molecule has 2 aromatic heterocycles. The van der Waals surface area contributed by atoms with Gasteiger partial charge in [-0.15, -0.1) is 0 Å². The van der Waals surface area contributed by atoms with Crippen molar-refractivity contribution in [2.45, 2.75) is 31.5 Å². The summed E-state index contributed by atoms with van der Waals surface area (Å²) in [6.45, 7) is 2.05. The molecule has 188 valence electrons. The van der Waals surface area contributed by atoms with Crippen LogP contribution in [0.4, 0.5) is 36.4 Å². The summed E-state index contributed by atoms with van der Waals surface area (Å²) in [6, 6.07) is 5.60. The minimum Gasteiger partial charge on any atom is -0.399 e.